The lowest BCUT2D eigenvalue weighted by Gasteiger charge is -2.33. The van der Waals surface area contributed by atoms with Crippen LogP contribution in [0.15, 0.2) is 48.5 Å². The molecule has 0 unspecified atom stereocenters. The molecule has 0 bridgehead atoms. The Labute approximate surface area is 173 Å². The third-order valence-corrected chi connectivity index (χ3v) is 6.47. The van der Waals surface area contributed by atoms with Gasteiger partial charge < -0.3 is 9.80 Å². The Morgan fingerprint density at radius 1 is 1.00 bits per heavy atom. The van der Waals surface area contributed by atoms with Crippen molar-refractivity contribution >= 4 is 23.2 Å². The first-order chi connectivity index (χ1) is 14.1. The van der Waals surface area contributed by atoms with Crippen molar-refractivity contribution < 1.29 is 9.59 Å². The summed E-state index contributed by atoms with van der Waals surface area (Å²) in [6.45, 7) is 5.54. The van der Waals surface area contributed by atoms with Gasteiger partial charge in [0.2, 0.25) is 11.8 Å². The number of amides is 2. The molecule has 2 aromatic carbocycles. The van der Waals surface area contributed by atoms with Crippen molar-refractivity contribution in [2.75, 3.05) is 22.9 Å². The maximum atomic E-state index is 13.2. The van der Waals surface area contributed by atoms with E-state index in [1.54, 1.807) is 0 Å². The summed E-state index contributed by atoms with van der Waals surface area (Å²) in [5.74, 6) is 0.507. The molecule has 4 heteroatoms. The maximum Gasteiger partial charge on any atom is 0.230 e. The van der Waals surface area contributed by atoms with E-state index in [0.717, 1.165) is 55.6 Å². The summed E-state index contributed by atoms with van der Waals surface area (Å²) in [5, 5.41) is 0. The van der Waals surface area contributed by atoms with Crippen LogP contribution in [-0.2, 0) is 16.0 Å². The van der Waals surface area contributed by atoms with Gasteiger partial charge in [0.05, 0.1) is 0 Å². The number of nitrogens with zero attached hydrogens (tertiary/aromatic N) is 2. The van der Waals surface area contributed by atoms with Crippen molar-refractivity contribution in [1.82, 2.24) is 0 Å². The summed E-state index contributed by atoms with van der Waals surface area (Å²) in [6, 6.07) is 16.3. The summed E-state index contributed by atoms with van der Waals surface area (Å²) < 4.78 is 0. The first-order valence-electron chi connectivity index (χ1n) is 10.9. The van der Waals surface area contributed by atoms with Crippen LogP contribution in [0.3, 0.4) is 0 Å². The molecule has 1 heterocycles. The normalized spacial score (nSPS) is 21.0. The highest BCUT2D eigenvalue weighted by atomic mass is 16.2. The molecule has 1 fully saturated rings. The smallest absolute Gasteiger partial charge is 0.230 e. The SMILES string of the molecule is CCN(C(=O)C1CCC(C(=O)N2CCc3ccccc32)CC1)c1cccc(C)c1. The van der Waals surface area contributed by atoms with Gasteiger partial charge in [-0.3, -0.25) is 9.59 Å². The molecular formula is C25H30N2O2. The lowest BCUT2D eigenvalue weighted by atomic mass is 9.80. The number of fused-ring (bicyclic) bond motifs is 1. The van der Waals surface area contributed by atoms with Crippen LogP contribution >= 0.6 is 0 Å². The fourth-order valence-corrected chi connectivity index (χ4v) is 4.86. The topological polar surface area (TPSA) is 40.6 Å². The minimum Gasteiger partial charge on any atom is -0.312 e. The second-order valence-electron chi connectivity index (χ2n) is 8.34. The Balaban J connectivity index is 1.39. The molecule has 4 nitrogen and oxygen atoms in total. The summed E-state index contributed by atoms with van der Waals surface area (Å²) in [6.07, 6.45) is 4.15. The van der Waals surface area contributed by atoms with Gasteiger partial charge in [-0.2, -0.15) is 0 Å². The Morgan fingerprint density at radius 2 is 1.72 bits per heavy atom. The standard InChI is InChI=1S/C25H30N2O2/c1-3-26(22-9-6-7-18(2)17-22)24(28)20-11-13-21(14-12-20)25(29)27-16-15-19-8-4-5-10-23(19)27/h4-10,17,20-21H,3,11-16H2,1-2H3. The molecule has 1 aliphatic carbocycles. The molecule has 0 saturated heterocycles. The van der Waals surface area contributed by atoms with E-state index in [1.165, 1.54) is 5.56 Å². The number of carbonyl (C=O) groups excluding carboxylic acids is 2. The maximum absolute atomic E-state index is 13.2. The Hall–Kier alpha value is -2.62. The van der Waals surface area contributed by atoms with Crippen LogP contribution in [0.4, 0.5) is 11.4 Å². The first kappa shape index (κ1) is 19.7. The average molecular weight is 391 g/mol. The molecule has 1 aliphatic heterocycles. The molecule has 0 aromatic heterocycles. The number of hydrogen-bond donors (Lipinski definition) is 0. The van der Waals surface area contributed by atoms with Crippen LogP contribution in [0.25, 0.3) is 0 Å². The fraction of sp³-hybridized carbons (Fsp3) is 0.440. The largest absolute Gasteiger partial charge is 0.312 e. The minimum absolute atomic E-state index is 0.0189. The fourth-order valence-electron chi connectivity index (χ4n) is 4.86. The lowest BCUT2D eigenvalue weighted by Crippen LogP contribution is -2.41. The lowest BCUT2D eigenvalue weighted by molar-refractivity contribution is -0.127. The molecule has 29 heavy (non-hydrogen) atoms. The molecule has 1 saturated carbocycles. The zero-order chi connectivity index (χ0) is 20.4. The number of anilines is 2. The zero-order valence-corrected chi connectivity index (χ0v) is 17.4. The third kappa shape index (κ3) is 3.93. The van der Waals surface area contributed by atoms with Crippen molar-refractivity contribution in [3.8, 4) is 0 Å². The summed E-state index contributed by atoms with van der Waals surface area (Å²) >= 11 is 0. The van der Waals surface area contributed by atoms with Crippen molar-refractivity contribution in [3.63, 3.8) is 0 Å². The predicted octanol–water partition coefficient (Wildman–Crippen LogP) is 4.74. The van der Waals surface area contributed by atoms with E-state index in [9.17, 15) is 9.59 Å². The van der Waals surface area contributed by atoms with Crippen molar-refractivity contribution in [2.24, 2.45) is 11.8 Å². The Morgan fingerprint density at radius 3 is 2.45 bits per heavy atom. The van der Waals surface area contributed by atoms with Crippen LogP contribution < -0.4 is 9.80 Å². The second kappa shape index (κ2) is 8.40. The van der Waals surface area contributed by atoms with Gasteiger partial charge in [0, 0.05) is 36.3 Å². The van der Waals surface area contributed by atoms with E-state index >= 15 is 0 Å². The molecule has 0 spiro atoms. The van der Waals surface area contributed by atoms with E-state index in [-0.39, 0.29) is 23.7 Å². The van der Waals surface area contributed by atoms with Gasteiger partial charge in [-0.25, -0.2) is 0 Å². The number of para-hydroxylation sites is 1. The quantitative estimate of drug-likeness (QED) is 0.756. The van der Waals surface area contributed by atoms with Gasteiger partial charge in [-0.15, -0.1) is 0 Å². The molecule has 0 radical (unpaired) electrons. The molecule has 2 aliphatic rings. The van der Waals surface area contributed by atoms with Crippen LogP contribution in [0, 0.1) is 18.8 Å². The molecular weight excluding hydrogens is 360 g/mol. The molecule has 152 valence electrons. The minimum atomic E-state index is 0.0189. The first-order valence-corrected chi connectivity index (χ1v) is 10.9. The highest BCUT2D eigenvalue weighted by Gasteiger charge is 2.35. The van der Waals surface area contributed by atoms with E-state index in [0.29, 0.717) is 6.54 Å². The third-order valence-electron chi connectivity index (χ3n) is 6.47. The summed E-state index contributed by atoms with van der Waals surface area (Å²) in [4.78, 5) is 30.2. The highest BCUT2D eigenvalue weighted by molar-refractivity contribution is 5.98. The van der Waals surface area contributed by atoms with Gasteiger partial charge in [-0.05, 0) is 75.3 Å². The molecule has 4 rings (SSSR count). The number of rotatable bonds is 4. The molecule has 0 atom stereocenters. The van der Waals surface area contributed by atoms with Gasteiger partial charge in [0.15, 0.2) is 0 Å². The zero-order valence-electron chi connectivity index (χ0n) is 17.4. The molecule has 0 N–H and O–H groups in total. The monoisotopic (exact) mass is 390 g/mol. The van der Waals surface area contributed by atoms with Crippen molar-refractivity contribution in [1.29, 1.82) is 0 Å². The molecule has 2 amide bonds. The Kier molecular flexibility index (Phi) is 5.70. The van der Waals surface area contributed by atoms with Gasteiger partial charge in [0.25, 0.3) is 0 Å². The van der Waals surface area contributed by atoms with Crippen LogP contribution in [0.5, 0.6) is 0 Å². The number of aryl methyl sites for hydroxylation is 1. The number of benzene rings is 2. The van der Waals surface area contributed by atoms with E-state index in [2.05, 4.69) is 31.2 Å². The predicted molar refractivity (Wildman–Crippen MR) is 117 cm³/mol. The number of carbonyl (C=O) groups is 2. The van der Waals surface area contributed by atoms with E-state index < -0.39 is 0 Å². The Bertz CT molecular complexity index is 899. The summed E-state index contributed by atoms with van der Waals surface area (Å²) in [5.41, 5.74) is 4.48. The van der Waals surface area contributed by atoms with Crippen molar-refractivity contribution in [3.05, 3.63) is 59.7 Å². The van der Waals surface area contributed by atoms with E-state index in [4.69, 9.17) is 0 Å². The van der Waals surface area contributed by atoms with Gasteiger partial charge >= 0.3 is 0 Å². The van der Waals surface area contributed by atoms with Gasteiger partial charge in [0.1, 0.15) is 0 Å². The summed E-state index contributed by atoms with van der Waals surface area (Å²) in [7, 11) is 0. The van der Waals surface area contributed by atoms with Crippen molar-refractivity contribution in [2.45, 2.75) is 46.0 Å². The van der Waals surface area contributed by atoms with Crippen LogP contribution in [0.2, 0.25) is 0 Å². The highest BCUT2D eigenvalue weighted by Crippen LogP contribution is 2.35. The molecule has 2 aromatic rings. The number of hydrogen-bond acceptors (Lipinski definition) is 2. The van der Waals surface area contributed by atoms with Crippen LogP contribution in [0.1, 0.15) is 43.7 Å². The van der Waals surface area contributed by atoms with E-state index in [1.807, 2.05) is 41.0 Å². The van der Waals surface area contributed by atoms with Gasteiger partial charge in [-0.1, -0.05) is 30.3 Å². The van der Waals surface area contributed by atoms with Crippen LogP contribution in [-0.4, -0.2) is 24.9 Å². The second-order valence-corrected chi connectivity index (χ2v) is 8.34. The average Bonchev–Trinajstić information content (AvgIpc) is 3.18.